The second-order valence-corrected chi connectivity index (χ2v) is 4.84. The van der Waals surface area contributed by atoms with Crippen molar-refractivity contribution < 1.29 is 24.9 Å². The lowest BCUT2D eigenvalue weighted by atomic mass is 9.94. The molecule has 7 nitrogen and oxygen atoms in total. The zero-order valence-corrected chi connectivity index (χ0v) is 10.4. The highest BCUT2D eigenvalue weighted by Gasteiger charge is 2.31. The van der Waals surface area contributed by atoms with Crippen molar-refractivity contribution in [1.82, 2.24) is 10.2 Å². The first-order valence-corrected chi connectivity index (χ1v) is 5.97. The van der Waals surface area contributed by atoms with Gasteiger partial charge in [-0.3, -0.25) is 0 Å². The predicted molar refractivity (Wildman–Crippen MR) is 63.1 cm³/mol. The van der Waals surface area contributed by atoms with E-state index in [1.54, 1.807) is 6.92 Å². The van der Waals surface area contributed by atoms with E-state index in [0.29, 0.717) is 25.9 Å². The minimum Gasteiger partial charge on any atom is -0.480 e. The van der Waals surface area contributed by atoms with E-state index in [1.165, 1.54) is 4.90 Å². The maximum absolute atomic E-state index is 11.8. The van der Waals surface area contributed by atoms with Crippen LogP contribution in [0.4, 0.5) is 4.79 Å². The molecule has 0 aliphatic carbocycles. The van der Waals surface area contributed by atoms with Gasteiger partial charge in [0, 0.05) is 26.1 Å². The van der Waals surface area contributed by atoms with Gasteiger partial charge in [0.25, 0.3) is 0 Å². The molecule has 1 heterocycles. The predicted octanol–water partition coefficient (Wildman–Crippen LogP) is -0.622. The average Bonchev–Trinajstić information content (AvgIpc) is 2.28. The minimum atomic E-state index is -1.17. The number of carbonyl (C=O) groups excluding carboxylic acids is 1. The van der Waals surface area contributed by atoms with Crippen LogP contribution in [-0.2, 0) is 4.79 Å². The number of urea groups is 1. The first kappa shape index (κ1) is 14.7. The van der Waals surface area contributed by atoms with Crippen molar-refractivity contribution in [3.8, 4) is 0 Å². The number of rotatable bonds is 4. The van der Waals surface area contributed by atoms with Gasteiger partial charge in [0.1, 0.15) is 6.04 Å². The van der Waals surface area contributed by atoms with Gasteiger partial charge in [0.05, 0.1) is 5.60 Å². The van der Waals surface area contributed by atoms with Crippen LogP contribution in [0.3, 0.4) is 0 Å². The van der Waals surface area contributed by atoms with Crippen LogP contribution in [0, 0.1) is 0 Å². The summed E-state index contributed by atoms with van der Waals surface area (Å²) in [4.78, 5) is 24.1. The first-order chi connectivity index (χ1) is 8.35. The fourth-order valence-electron chi connectivity index (χ4n) is 1.82. The van der Waals surface area contributed by atoms with Crippen LogP contribution in [0.5, 0.6) is 0 Å². The number of hydrogen-bond donors (Lipinski definition) is 4. The lowest BCUT2D eigenvalue weighted by Crippen LogP contribution is -2.52. The Balaban J connectivity index is 2.47. The average molecular weight is 260 g/mol. The number of piperidine rings is 1. The Morgan fingerprint density at radius 2 is 1.94 bits per heavy atom. The standard InChI is InChI=1S/C11H20N2O5/c1-11(18)3-5-13(6-4-11)10(17)12-8(2-7-14)9(15)16/h8,14,18H,2-7H2,1H3,(H,12,17)(H,15,16). The van der Waals surface area contributed by atoms with E-state index in [1.807, 2.05) is 0 Å². The van der Waals surface area contributed by atoms with Gasteiger partial charge >= 0.3 is 12.0 Å². The Labute approximate surface area is 105 Å². The highest BCUT2D eigenvalue weighted by Crippen LogP contribution is 2.20. The van der Waals surface area contributed by atoms with Gasteiger partial charge < -0.3 is 25.5 Å². The highest BCUT2D eigenvalue weighted by atomic mass is 16.4. The molecule has 1 aliphatic rings. The molecule has 104 valence electrons. The summed E-state index contributed by atoms with van der Waals surface area (Å²) in [5, 5.41) is 29.7. The van der Waals surface area contributed by atoms with Gasteiger partial charge in [-0.15, -0.1) is 0 Å². The van der Waals surface area contributed by atoms with Crippen LogP contribution in [0.1, 0.15) is 26.2 Å². The summed E-state index contributed by atoms with van der Waals surface area (Å²) in [7, 11) is 0. The van der Waals surface area contributed by atoms with Crippen molar-refractivity contribution in [1.29, 1.82) is 0 Å². The fraction of sp³-hybridized carbons (Fsp3) is 0.818. The monoisotopic (exact) mass is 260 g/mol. The fourth-order valence-corrected chi connectivity index (χ4v) is 1.82. The smallest absolute Gasteiger partial charge is 0.326 e. The number of carboxylic acid groups (broad SMARTS) is 1. The number of hydrogen-bond acceptors (Lipinski definition) is 4. The summed E-state index contributed by atoms with van der Waals surface area (Å²) in [5.74, 6) is -1.17. The molecule has 0 bridgehead atoms. The zero-order valence-electron chi connectivity index (χ0n) is 10.4. The Bertz CT molecular complexity index is 309. The van der Waals surface area contributed by atoms with Gasteiger partial charge in [0.15, 0.2) is 0 Å². The summed E-state index contributed by atoms with van der Waals surface area (Å²) < 4.78 is 0. The summed E-state index contributed by atoms with van der Waals surface area (Å²) in [5.41, 5.74) is -0.756. The summed E-state index contributed by atoms with van der Waals surface area (Å²) in [6, 6.07) is -1.55. The molecule has 2 amide bonds. The number of carboxylic acids is 1. The van der Waals surface area contributed by atoms with E-state index in [0.717, 1.165) is 0 Å². The van der Waals surface area contributed by atoms with Crippen LogP contribution >= 0.6 is 0 Å². The second kappa shape index (κ2) is 6.01. The van der Waals surface area contributed by atoms with Crippen molar-refractivity contribution in [3.63, 3.8) is 0 Å². The van der Waals surface area contributed by atoms with Crippen LogP contribution < -0.4 is 5.32 Å². The van der Waals surface area contributed by atoms with Crippen LogP contribution in [0.15, 0.2) is 0 Å². The Kier molecular flexibility index (Phi) is 4.92. The molecule has 0 spiro atoms. The highest BCUT2D eigenvalue weighted by molar-refractivity contribution is 5.82. The van der Waals surface area contributed by atoms with Gasteiger partial charge in [-0.25, -0.2) is 9.59 Å². The van der Waals surface area contributed by atoms with E-state index in [9.17, 15) is 14.7 Å². The molecule has 0 radical (unpaired) electrons. The molecule has 0 aromatic heterocycles. The minimum absolute atomic E-state index is 0.0212. The zero-order chi connectivity index (χ0) is 13.8. The number of aliphatic hydroxyl groups is 2. The number of carbonyl (C=O) groups is 2. The normalized spacial score (nSPS) is 20.3. The quantitative estimate of drug-likeness (QED) is 0.538. The van der Waals surface area contributed by atoms with E-state index in [2.05, 4.69) is 5.32 Å². The molecular formula is C11H20N2O5. The summed E-state index contributed by atoms with van der Waals surface area (Å²) in [6.07, 6.45) is 0.920. The Hall–Kier alpha value is -1.34. The molecular weight excluding hydrogens is 240 g/mol. The van der Waals surface area contributed by atoms with Crippen molar-refractivity contribution in [3.05, 3.63) is 0 Å². The molecule has 4 N–H and O–H groups in total. The van der Waals surface area contributed by atoms with Gasteiger partial charge in [-0.1, -0.05) is 0 Å². The molecule has 0 aromatic rings. The molecule has 1 unspecified atom stereocenters. The third-order valence-electron chi connectivity index (χ3n) is 3.14. The maximum Gasteiger partial charge on any atom is 0.326 e. The number of aliphatic carboxylic acids is 1. The van der Waals surface area contributed by atoms with E-state index in [4.69, 9.17) is 10.2 Å². The Morgan fingerprint density at radius 3 is 2.39 bits per heavy atom. The van der Waals surface area contributed by atoms with Crippen LogP contribution in [-0.4, -0.2) is 63.6 Å². The van der Waals surface area contributed by atoms with Crippen molar-refractivity contribution in [2.24, 2.45) is 0 Å². The second-order valence-electron chi connectivity index (χ2n) is 4.84. The van der Waals surface area contributed by atoms with E-state index >= 15 is 0 Å². The molecule has 18 heavy (non-hydrogen) atoms. The number of amides is 2. The lowest BCUT2D eigenvalue weighted by molar-refractivity contribution is -0.139. The van der Waals surface area contributed by atoms with Gasteiger partial charge in [-0.05, 0) is 19.8 Å². The number of nitrogens with zero attached hydrogens (tertiary/aromatic N) is 1. The summed E-state index contributed by atoms with van der Waals surface area (Å²) in [6.45, 7) is 2.20. The van der Waals surface area contributed by atoms with Crippen LogP contribution in [0.25, 0.3) is 0 Å². The summed E-state index contributed by atoms with van der Waals surface area (Å²) >= 11 is 0. The molecule has 1 aliphatic heterocycles. The third-order valence-corrected chi connectivity index (χ3v) is 3.14. The molecule has 0 aromatic carbocycles. The third kappa shape index (κ3) is 4.15. The van der Waals surface area contributed by atoms with Crippen molar-refractivity contribution in [2.45, 2.75) is 37.8 Å². The molecule has 1 rings (SSSR count). The molecule has 1 saturated heterocycles. The van der Waals surface area contributed by atoms with Gasteiger partial charge in [-0.2, -0.15) is 0 Å². The number of aliphatic hydroxyl groups excluding tert-OH is 1. The van der Waals surface area contributed by atoms with Gasteiger partial charge in [0.2, 0.25) is 0 Å². The van der Waals surface area contributed by atoms with E-state index in [-0.39, 0.29) is 13.0 Å². The molecule has 1 fully saturated rings. The molecule has 1 atom stereocenters. The van der Waals surface area contributed by atoms with Crippen LogP contribution in [0.2, 0.25) is 0 Å². The SMILES string of the molecule is CC1(O)CCN(C(=O)NC(CCO)C(=O)O)CC1. The topological polar surface area (TPSA) is 110 Å². The lowest BCUT2D eigenvalue weighted by Gasteiger charge is -2.36. The van der Waals surface area contributed by atoms with Crippen molar-refractivity contribution >= 4 is 12.0 Å². The molecule has 7 heteroatoms. The maximum atomic E-state index is 11.8. The largest absolute Gasteiger partial charge is 0.480 e. The Morgan fingerprint density at radius 1 is 1.39 bits per heavy atom. The first-order valence-electron chi connectivity index (χ1n) is 5.97. The number of nitrogens with one attached hydrogen (secondary N) is 1. The number of likely N-dealkylation sites (tertiary alicyclic amines) is 1. The van der Waals surface area contributed by atoms with Crippen molar-refractivity contribution in [2.75, 3.05) is 19.7 Å². The molecule has 0 saturated carbocycles. The van der Waals surface area contributed by atoms with E-state index < -0.39 is 23.6 Å².